The number of likely N-dealkylation sites (tertiary alicyclic amines) is 1. The lowest BCUT2D eigenvalue weighted by molar-refractivity contribution is 0.0290. The quantitative estimate of drug-likeness (QED) is 0.839. The number of hydrogen-bond donors (Lipinski definition) is 1. The highest BCUT2D eigenvalue weighted by Gasteiger charge is 2.24. The Morgan fingerprint density at radius 1 is 1.30 bits per heavy atom. The number of nitriles is 1. The summed E-state index contributed by atoms with van der Waals surface area (Å²) in [5.74, 6) is 0. The lowest BCUT2D eigenvalue weighted by Crippen LogP contribution is -2.42. The fourth-order valence-corrected chi connectivity index (χ4v) is 3.17. The van der Waals surface area contributed by atoms with Crippen molar-refractivity contribution in [2.24, 2.45) is 0 Å². The minimum absolute atomic E-state index is 0.274. The van der Waals surface area contributed by atoms with Gasteiger partial charge in [0.2, 0.25) is 0 Å². The van der Waals surface area contributed by atoms with Crippen molar-refractivity contribution in [2.45, 2.75) is 57.8 Å². The molecule has 1 aromatic rings. The number of hydrogen-bond acceptors (Lipinski definition) is 4. The number of nitrogens with zero attached hydrogens (tertiary/aromatic N) is 2. The summed E-state index contributed by atoms with van der Waals surface area (Å²) in [7, 11) is 0. The molecule has 23 heavy (non-hydrogen) atoms. The largest absolute Gasteiger partial charge is 0.387 e. The second kappa shape index (κ2) is 9.02. The minimum Gasteiger partial charge on any atom is -0.387 e. The smallest absolute Gasteiger partial charge is 0.0991 e. The third-order valence-corrected chi connectivity index (χ3v) is 4.48. The molecule has 0 saturated carbocycles. The van der Waals surface area contributed by atoms with Crippen molar-refractivity contribution in [1.29, 1.82) is 5.26 Å². The molecule has 1 heterocycles. The zero-order chi connectivity index (χ0) is 16.7. The maximum Gasteiger partial charge on any atom is 0.0991 e. The summed E-state index contributed by atoms with van der Waals surface area (Å²) in [4.78, 5) is 2.40. The highest BCUT2D eigenvalue weighted by Crippen LogP contribution is 2.23. The third-order valence-electron chi connectivity index (χ3n) is 4.48. The zero-order valence-corrected chi connectivity index (χ0v) is 14.2. The van der Waals surface area contributed by atoms with E-state index in [1.54, 1.807) is 12.1 Å². The van der Waals surface area contributed by atoms with Gasteiger partial charge in [-0.25, -0.2) is 0 Å². The normalized spacial score (nSPS) is 20.4. The van der Waals surface area contributed by atoms with Crippen LogP contribution in [0.2, 0.25) is 0 Å². The number of rotatable bonds is 7. The van der Waals surface area contributed by atoms with Gasteiger partial charge in [0.05, 0.1) is 23.8 Å². The summed E-state index contributed by atoms with van der Waals surface area (Å²) < 4.78 is 5.69. The Morgan fingerprint density at radius 2 is 2.04 bits per heavy atom. The van der Waals surface area contributed by atoms with Crippen LogP contribution in [0.25, 0.3) is 0 Å². The van der Waals surface area contributed by atoms with Crippen molar-refractivity contribution >= 4 is 0 Å². The van der Waals surface area contributed by atoms with E-state index in [0.29, 0.717) is 18.2 Å². The zero-order valence-electron chi connectivity index (χ0n) is 14.2. The van der Waals surface area contributed by atoms with Crippen molar-refractivity contribution in [3.05, 3.63) is 35.4 Å². The Morgan fingerprint density at radius 3 is 2.70 bits per heavy atom. The minimum atomic E-state index is -0.505. The van der Waals surface area contributed by atoms with Crippen LogP contribution < -0.4 is 0 Å². The van der Waals surface area contributed by atoms with E-state index in [2.05, 4.69) is 24.8 Å². The predicted octanol–water partition coefficient (Wildman–Crippen LogP) is 3.26. The van der Waals surface area contributed by atoms with Gasteiger partial charge in [-0.05, 0) is 57.4 Å². The van der Waals surface area contributed by atoms with Gasteiger partial charge in [-0.15, -0.1) is 0 Å². The second-order valence-corrected chi connectivity index (χ2v) is 6.60. The molecule has 1 aliphatic rings. The third kappa shape index (κ3) is 5.62. The fraction of sp³-hybridized carbons (Fsp3) is 0.632. The summed E-state index contributed by atoms with van der Waals surface area (Å²) in [6, 6.07) is 9.84. The lowest BCUT2D eigenvalue weighted by Gasteiger charge is -2.37. The Bertz CT molecular complexity index is 507. The van der Waals surface area contributed by atoms with Gasteiger partial charge in [-0.1, -0.05) is 18.6 Å². The first-order chi connectivity index (χ1) is 11.1. The Labute approximate surface area is 139 Å². The van der Waals surface area contributed by atoms with Gasteiger partial charge in [-0.3, -0.25) is 4.90 Å². The number of aliphatic hydroxyl groups excluding tert-OH is 1. The molecule has 0 radical (unpaired) electrons. The molecule has 0 bridgehead atoms. The van der Waals surface area contributed by atoms with Crippen LogP contribution >= 0.6 is 0 Å². The van der Waals surface area contributed by atoms with Crippen LogP contribution in [0.15, 0.2) is 24.3 Å². The Balaban J connectivity index is 1.90. The monoisotopic (exact) mass is 316 g/mol. The van der Waals surface area contributed by atoms with E-state index in [1.807, 2.05) is 12.1 Å². The molecule has 0 aromatic heterocycles. The van der Waals surface area contributed by atoms with E-state index < -0.39 is 6.10 Å². The molecule has 0 aliphatic carbocycles. The molecule has 1 N–H and O–H groups in total. The summed E-state index contributed by atoms with van der Waals surface area (Å²) >= 11 is 0. The van der Waals surface area contributed by atoms with Crippen molar-refractivity contribution in [3.8, 4) is 6.07 Å². The maximum atomic E-state index is 10.5. The van der Waals surface area contributed by atoms with Crippen LogP contribution in [0, 0.1) is 11.3 Å². The first kappa shape index (κ1) is 17.9. The molecule has 4 heteroatoms. The van der Waals surface area contributed by atoms with E-state index >= 15 is 0 Å². The molecule has 4 nitrogen and oxygen atoms in total. The number of piperidine rings is 1. The van der Waals surface area contributed by atoms with Crippen LogP contribution in [0.4, 0.5) is 0 Å². The number of β-amino-alcohol motifs (C(OH)–C–C–N with tert-alkyl or cyclic N) is 1. The van der Waals surface area contributed by atoms with Crippen molar-refractivity contribution in [1.82, 2.24) is 4.90 Å². The molecular weight excluding hydrogens is 288 g/mol. The van der Waals surface area contributed by atoms with Crippen LogP contribution in [-0.4, -0.2) is 41.8 Å². The first-order valence-corrected chi connectivity index (χ1v) is 8.64. The van der Waals surface area contributed by atoms with Gasteiger partial charge >= 0.3 is 0 Å². The maximum absolute atomic E-state index is 10.5. The van der Waals surface area contributed by atoms with Gasteiger partial charge in [0.25, 0.3) is 0 Å². The highest BCUT2D eigenvalue weighted by molar-refractivity contribution is 5.32. The summed E-state index contributed by atoms with van der Waals surface area (Å²) in [5.41, 5.74) is 1.51. The number of ether oxygens (including phenoxy) is 1. The fourth-order valence-electron chi connectivity index (χ4n) is 3.17. The van der Waals surface area contributed by atoms with Crippen LogP contribution in [0.5, 0.6) is 0 Å². The van der Waals surface area contributed by atoms with Crippen LogP contribution in [0.3, 0.4) is 0 Å². The molecule has 1 aliphatic heterocycles. The summed E-state index contributed by atoms with van der Waals surface area (Å²) in [6.45, 7) is 6.60. The van der Waals surface area contributed by atoms with E-state index in [-0.39, 0.29) is 6.10 Å². The molecule has 0 amide bonds. The van der Waals surface area contributed by atoms with Gasteiger partial charge in [-0.2, -0.15) is 5.26 Å². The summed E-state index contributed by atoms with van der Waals surface area (Å²) in [6.07, 6.45) is 4.43. The van der Waals surface area contributed by atoms with Gasteiger partial charge in [0.1, 0.15) is 0 Å². The molecule has 2 atom stereocenters. The molecule has 0 spiro atoms. The Hall–Kier alpha value is -1.41. The first-order valence-electron chi connectivity index (χ1n) is 8.64. The standard InChI is InChI=1S/C19H28N2O2/c1-15(2)23-12-10-18-5-3-4-11-21(18)14-19(22)17-8-6-16(13-20)7-9-17/h6-9,15,18-19,22H,3-5,10-12,14H2,1-2H3. The average molecular weight is 316 g/mol. The highest BCUT2D eigenvalue weighted by atomic mass is 16.5. The molecule has 2 unspecified atom stereocenters. The van der Waals surface area contributed by atoms with Crippen molar-refractivity contribution in [2.75, 3.05) is 19.7 Å². The molecule has 2 rings (SSSR count). The molecule has 1 saturated heterocycles. The second-order valence-electron chi connectivity index (χ2n) is 6.60. The van der Waals surface area contributed by atoms with Crippen LogP contribution in [-0.2, 0) is 4.74 Å². The molecular formula is C19H28N2O2. The SMILES string of the molecule is CC(C)OCCC1CCCCN1CC(O)c1ccc(C#N)cc1. The molecule has 1 fully saturated rings. The van der Waals surface area contributed by atoms with E-state index in [9.17, 15) is 5.11 Å². The van der Waals surface area contributed by atoms with Crippen molar-refractivity contribution in [3.63, 3.8) is 0 Å². The van der Waals surface area contributed by atoms with Gasteiger partial charge in [0, 0.05) is 19.2 Å². The van der Waals surface area contributed by atoms with Crippen LogP contribution in [0.1, 0.15) is 56.8 Å². The Kier molecular flexibility index (Phi) is 7.04. The predicted molar refractivity (Wildman–Crippen MR) is 91.0 cm³/mol. The number of aliphatic hydroxyl groups is 1. The van der Waals surface area contributed by atoms with Gasteiger partial charge in [0.15, 0.2) is 0 Å². The average Bonchev–Trinajstić information content (AvgIpc) is 2.56. The topological polar surface area (TPSA) is 56.5 Å². The number of benzene rings is 1. The molecule has 1 aromatic carbocycles. The van der Waals surface area contributed by atoms with Crippen molar-refractivity contribution < 1.29 is 9.84 Å². The van der Waals surface area contributed by atoms with Gasteiger partial charge < -0.3 is 9.84 Å². The summed E-state index contributed by atoms with van der Waals surface area (Å²) in [5, 5.41) is 19.4. The molecule has 126 valence electrons. The van der Waals surface area contributed by atoms with E-state index in [0.717, 1.165) is 25.1 Å². The van der Waals surface area contributed by atoms with E-state index in [4.69, 9.17) is 10.00 Å². The lowest BCUT2D eigenvalue weighted by atomic mass is 9.98. The van der Waals surface area contributed by atoms with E-state index in [1.165, 1.54) is 19.3 Å².